The SMILES string of the molecule is CCOC(=O)N1CCN(Cc2ccc(C#N)cc2C)CC1. The van der Waals surface area contributed by atoms with Crippen molar-refractivity contribution >= 4 is 6.09 Å². The molecule has 2 rings (SSSR count). The molecule has 0 unspecified atom stereocenters. The molecule has 1 saturated heterocycles. The van der Waals surface area contributed by atoms with E-state index in [0.29, 0.717) is 25.3 Å². The molecule has 0 aliphatic carbocycles. The van der Waals surface area contributed by atoms with Gasteiger partial charge in [-0.1, -0.05) is 6.07 Å². The van der Waals surface area contributed by atoms with Gasteiger partial charge in [-0.15, -0.1) is 0 Å². The van der Waals surface area contributed by atoms with Crippen LogP contribution in [-0.4, -0.2) is 48.7 Å². The Morgan fingerprint density at radius 3 is 2.62 bits per heavy atom. The Labute approximate surface area is 125 Å². The van der Waals surface area contributed by atoms with Crippen LogP contribution < -0.4 is 0 Å². The van der Waals surface area contributed by atoms with E-state index >= 15 is 0 Å². The zero-order valence-corrected chi connectivity index (χ0v) is 12.6. The number of rotatable bonds is 3. The first-order valence-electron chi connectivity index (χ1n) is 7.27. The molecule has 1 aromatic carbocycles. The Morgan fingerprint density at radius 2 is 2.05 bits per heavy atom. The minimum Gasteiger partial charge on any atom is -0.450 e. The Kier molecular flexibility index (Phi) is 5.18. The Morgan fingerprint density at radius 1 is 1.33 bits per heavy atom. The second-order valence-corrected chi connectivity index (χ2v) is 5.22. The van der Waals surface area contributed by atoms with Gasteiger partial charge in [0.05, 0.1) is 18.2 Å². The van der Waals surface area contributed by atoms with Crippen LogP contribution in [0.3, 0.4) is 0 Å². The maximum Gasteiger partial charge on any atom is 0.409 e. The van der Waals surface area contributed by atoms with Crippen LogP contribution in [0, 0.1) is 18.3 Å². The van der Waals surface area contributed by atoms with E-state index in [0.717, 1.165) is 25.2 Å². The summed E-state index contributed by atoms with van der Waals surface area (Å²) < 4.78 is 5.02. The first-order valence-corrected chi connectivity index (χ1v) is 7.27. The fourth-order valence-corrected chi connectivity index (χ4v) is 2.49. The first kappa shape index (κ1) is 15.3. The van der Waals surface area contributed by atoms with Crippen molar-refractivity contribution in [3.05, 3.63) is 34.9 Å². The van der Waals surface area contributed by atoms with Crippen LogP contribution in [0.1, 0.15) is 23.6 Å². The average Bonchev–Trinajstić information content (AvgIpc) is 2.50. The van der Waals surface area contributed by atoms with Gasteiger partial charge in [-0.2, -0.15) is 5.26 Å². The molecule has 0 bridgehead atoms. The molecule has 0 N–H and O–H groups in total. The number of carbonyl (C=O) groups excluding carboxylic acids is 1. The average molecular weight is 287 g/mol. The van der Waals surface area contributed by atoms with Gasteiger partial charge in [0.1, 0.15) is 0 Å². The van der Waals surface area contributed by atoms with Crippen LogP contribution in [0.15, 0.2) is 18.2 Å². The van der Waals surface area contributed by atoms with Crippen molar-refractivity contribution in [2.24, 2.45) is 0 Å². The Bertz CT molecular complexity index is 543. The fraction of sp³-hybridized carbons (Fsp3) is 0.500. The molecule has 5 heteroatoms. The molecule has 1 fully saturated rings. The molecule has 1 aliphatic rings. The van der Waals surface area contributed by atoms with E-state index in [-0.39, 0.29) is 6.09 Å². The lowest BCUT2D eigenvalue weighted by atomic mass is 10.0. The number of carbonyl (C=O) groups is 1. The van der Waals surface area contributed by atoms with Gasteiger partial charge in [0, 0.05) is 32.7 Å². The van der Waals surface area contributed by atoms with Gasteiger partial charge < -0.3 is 9.64 Å². The molecular formula is C16H21N3O2. The summed E-state index contributed by atoms with van der Waals surface area (Å²) in [5.74, 6) is 0. The van der Waals surface area contributed by atoms with E-state index in [1.807, 2.05) is 32.0 Å². The van der Waals surface area contributed by atoms with Gasteiger partial charge in [0.15, 0.2) is 0 Å². The highest BCUT2D eigenvalue weighted by molar-refractivity contribution is 5.67. The number of piperazine rings is 1. The van der Waals surface area contributed by atoms with E-state index in [1.165, 1.54) is 5.56 Å². The number of aryl methyl sites for hydroxylation is 1. The van der Waals surface area contributed by atoms with E-state index in [4.69, 9.17) is 10.00 Å². The summed E-state index contributed by atoms with van der Waals surface area (Å²) in [7, 11) is 0. The summed E-state index contributed by atoms with van der Waals surface area (Å²) >= 11 is 0. The highest BCUT2D eigenvalue weighted by Crippen LogP contribution is 2.15. The summed E-state index contributed by atoms with van der Waals surface area (Å²) in [6.07, 6.45) is -0.216. The molecule has 1 amide bonds. The molecule has 112 valence electrons. The quantitative estimate of drug-likeness (QED) is 0.854. The molecule has 21 heavy (non-hydrogen) atoms. The summed E-state index contributed by atoms with van der Waals surface area (Å²) in [5, 5.41) is 8.89. The van der Waals surface area contributed by atoms with E-state index < -0.39 is 0 Å². The van der Waals surface area contributed by atoms with Crippen molar-refractivity contribution in [1.82, 2.24) is 9.80 Å². The van der Waals surface area contributed by atoms with Crippen molar-refractivity contribution in [2.75, 3.05) is 32.8 Å². The van der Waals surface area contributed by atoms with Crippen molar-refractivity contribution in [1.29, 1.82) is 5.26 Å². The summed E-state index contributed by atoms with van der Waals surface area (Å²) in [6.45, 7) is 8.23. The van der Waals surface area contributed by atoms with Gasteiger partial charge in [-0.3, -0.25) is 4.90 Å². The summed E-state index contributed by atoms with van der Waals surface area (Å²) in [5.41, 5.74) is 3.07. The Hall–Kier alpha value is -2.06. The van der Waals surface area contributed by atoms with Gasteiger partial charge in [-0.05, 0) is 37.1 Å². The van der Waals surface area contributed by atoms with Crippen LogP contribution >= 0.6 is 0 Å². The normalized spacial score (nSPS) is 15.6. The van der Waals surface area contributed by atoms with Crippen LogP contribution in [0.2, 0.25) is 0 Å². The van der Waals surface area contributed by atoms with E-state index in [2.05, 4.69) is 11.0 Å². The maximum atomic E-state index is 11.6. The van der Waals surface area contributed by atoms with Gasteiger partial charge in [-0.25, -0.2) is 4.79 Å². The fourth-order valence-electron chi connectivity index (χ4n) is 2.49. The van der Waals surface area contributed by atoms with Crippen molar-refractivity contribution in [2.45, 2.75) is 20.4 Å². The predicted octanol–water partition coefficient (Wildman–Crippen LogP) is 2.14. The van der Waals surface area contributed by atoms with Gasteiger partial charge >= 0.3 is 6.09 Å². The van der Waals surface area contributed by atoms with Gasteiger partial charge in [0.2, 0.25) is 0 Å². The molecule has 0 aromatic heterocycles. The zero-order chi connectivity index (χ0) is 15.2. The lowest BCUT2D eigenvalue weighted by molar-refractivity contribution is 0.0778. The van der Waals surface area contributed by atoms with Crippen molar-refractivity contribution in [3.8, 4) is 6.07 Å². The molecule has 1 aliphatic heterocycles. The molecule has 1 aromatic rings. The molecule has 0 spiro atoms. The molecule has 5 nitrogen and oxygen atoms in total. The monoisotopic (exact) mass is 287 g/mol. The number of nitrogens with zero attached hydrogens (tertiary/aromatic N) is 3. The van der Waals surface area contributed by atoms with E-state index in [9.17, 15) is 4.79 Å². The zero-order valence-electron chi connectivity index (χ0n) is 12.6. The smallest absolute Gasteiger partial charge is 0.409 e. The van der Waals surface area contributed by atoms with E-state index in [1.54, 1.807) is 4.90 Å². The summed E-state index contributed by atoms with van der Waals surface area (Å²) in [6, 6.07) is 7.96. The largest absolute Gasteiger partial charge is 0.450 e. The minimum absolute atomic E-state index is 0.216. The maximum absolute atomic E-state index is 11.6. The summed E-state index contributed by atoms with van der Waals surface area (Å²) in [4.78, 5) is 15.7. The lowest BCUT2D eigenvalue weighted by Crippen LogP contribution is -2.48. The topological polar surface area (TPSA) is 56.6 Å². The number of benzene rings is 1. The first-order chi connectivity index (χ1) is 10.1. The number of hydrogen-bond acceptors (Lipinski definition) is 4. The third kappa shape index (κ3) is 3.96. The number of amides is 1. The second kappa shape index (κ2) is 7.09. The van der Waals surface area contributed by atoms with Crippen LogP contribution in [0.25, 0.3) is 0 Å². The highest BCUT2D eigenvalue weighted by atomic mass is 16.6. The molecule has 0 saturated carbocycles. The van der Waals surface area contributed by atoms with Crippen LogP contribution in [0.4, 0.5) is 4.79 Å². The minimum atomic E-state index is -0.216. The second-order valence-electron chi connectivity index (χ2n) is 5.22. The third-order valence-corrected chi connectivity index (χ3v) is 3.76. The standard InChI is InChI=1S/C16H21N3O2/c1-3-21-16(20)19-8-6-18(7-9-19)12-15-5-4-14(11-17)10-13(15)2/h4-5,10H,3,6-9,12H2,1-2H3. The number of nitriles is 1. The number of ether oxygens (including phenoxy) is 1. The van der Waals surface area contributed by atoms with Crippen molar-refractivity contribution < 1.29 is 9.53 Å². The third-order valence-electron chi connectivity index (χ3n) is 3.76. The molecular weight excluding hydrogens is 266 g/mol. The lowest BCUT2D eigenvalue weighted by Gasteiger charge is -2.34. The Balaban J connectivity index is 1.89. The number of hydrogen-bond donors (Lipinski definition) is 0. The molecule has 0 radical (unpaired) electrons. The van der Waals surface area contributed by atoms with Crippen molar-refractivity contribution in [3.63, 3.8) is 0 Å². The predicted molar refractivity (Wildman–Crippen MR) is 79.8 cm³/mol. The van der Waals surface area contributed by atoms with Crippen LogP contribution in [-0.2, 0) is 11.3 Å². The van der Waals surface area contributed by atoms with Gasteiger partial charge in [0.25, 0.3) is 0 Å². The molecule has 0 atom stereocenters. The molecule has 1 heterocycles. The van der Waals surface area contributed by atoms with Crippen LogP contribution in [0.5, 0.6) is 0 Å². The highest BCUT2D eigenvalue weighted by Gasteiger charge is 2.22.